The Bertz CT molecular complexity index is 1730. The summed E-state index contributed by atoms with van der Waals surface area (Å²) in [7, 11) is 0. The molecule has 5 aromatic rings. The third-order valence-electron chi connectivity index (χ3n) is 6.75. The fourth-order valence-corrected chi connectivity index (χ4v) is 5.51. The number of halogens is 2. The Kier molecular flexibility index (Phi) is 5.75. The van der Waals surface area contributed by atoms with E-state index in [1.54, 1.807) is 0 Å². The van der Waals surface area contributed by atoms with Crippen molar-refractivity contribution in [2.45, 2.75) is 12.5 Å². The van der Waals surface area contributed by atoms with E-state index in [1.165, 1.54) is 0 Å². The van der Waals surface area contributed by atoms with Crippen molar-refractivity contribution in [1.82, 2.24) is 9.97 Å². The summed E-state index contributed by atoms with van der Waals surface area (Å²) in [6, 6.07) is 29.9. The van der Waals surface area contributed by atoms with Gasteiger partial charge in [0.1, 0.15) is 0 Å². The van der Waals surface area contributed by atoms with Gasteiger partial charge in [-0.25, -0.2) is 15.0 Å². The monoisotopic (exact) mass is 582 g/mol. The van der Waals surface area contributed by atoms with Gasteiger partial charge in [0.15, 0.2) is 11.5 Å². The molecule has 7 rings (SSSR count). The number of nitrogens with zero attached hydrogens (tertiary/aromatic N) is 4. The maximum Gasteiger partial charge on any atom is 0.247 e. The highest BCUT2D eigenvalue weighted by molar-refractivity contribution is 9.10. The molecule has 38 heavy (non-hydrogen) atoms. The normalized spacial score (nSPS) is 16.2. The van der Waals surface area contributed by atoms with Crippen LogP contribution in [0.1, 0.15) is 23.6 Å². The summed E-state index contributed by atoms with van der Waals surface area (Å²) >= 11 is 10.0. The minimum atomic E-state index is -0.0960. The molecule has 186 valence electrons. The first-order chi connectivity index (χ1) is 18.6. The van der Waals surface area contributed by atoms with Crippen molar-refractivity contribution in [2.24, 2.45) is 5.10 Å². The van der Waals surface area contributed by atoms with Crippen molar-refractivity contribution in [2.75, 3.05) is 11.8 Å². The van der Waals surface area contributed by atoms with Crippen LogP contribution in [-0.4, -0.2) is 22.5 Å². The molecule has 0 aliphatic carbocycles. The quantitative estimate of drug-likeness (QED) is 0.216. The second-order valence-corrected chi connectivity index (χ2v) is 10.5. The van der Waals surface area contributed by atoms with Gasteiger partial charge >= 0.3 is 0 Å². The van der Waals surface area contributed by atoms with E-state index in [1.807, 2.05) is 83.9 Å². The first-order valence-electron chi connectivity index (χ1n) is 12.2. The van der Waals surface area contributed by atoms with Crippen LogP contribution in [0.3, 0.4) is 0 Å². The summed E-state index contributed by atoms with van der Waals surface area (Å²) < 4.78 is 12.1. The zero-order valence-corrected chi connectivity index (χ0v) is 22.4. The number of benzene rings is 4. The van der Waals surface area contributed by atoms with Crippen molar-refractivity contribution in [3.8, 4) is 22.8 Å². The minimum absolute atomic E-state index is 0.0960. The summed E-state index contributed by atoms with van der Waals surface area (Å²) in [4.78, 5) is 10.0. The van der Waals surface area contributed by atoms with Crippen molar-refractivity contribution in [1.29, 1.82) is 0 Å². The molecule has 1 unspecified atom stereocenters. The Hall–Kier alpha value is -3.94. The van der Waals surface area contributed by atoms with Gasteiger partial charge in [0.05, 0.1) is 23.0 Å². The first-order valence-corrected chi connectivity index (χ1v) is 13.3. The summed E-state index contributed by atoms with van der Waals surface area (Å²) in [5, 5.41) is 8.56. The van der Waals surface area contributed by atoms with Crippen LogP contribution in [0.4, 0.5) is 5.95 Å². The molecule has 0 saturated carbocycles. The standard InChI is InChI=1S/C30H20BrClN4O2/c31-21-8-4-7-20(13-21)26-16-25(19-9-12-27-28(14-19)38-17-37-27)35-36(26)30-33-24-11-10-22(32)15-23(24)29(34-30)18-5-2-1-3-6-18/h1-15,26H,16-17H2. The number of fused-ring (bicyclic) bond motifs is 2. The fraction of sp³-hybridized carbons (Fsp3) is 0.100. The summed E-state index contributed by atoms with van der Waals surface area (Å²) in [6.07, 6.45) is 0.679. The van der Waals surface area contributed by atoms with Crippen molar-refractivity contribution in [3.05, 3.63) is 112 Å². The molecule has 0 fully saturated rings. The average molecular weight is 584 g/mol. The van der Waals surface area contributed by atoms with E-state index in [0.717, 1.165) is 55.0 Å². The molecule has 4 aromatic carbocycles. The highest BCUT2D eigenvalue weighted by Crippen LogP contribution is 2.40. The number of hydrogen-bond donors (Lipinski definition) is 0. The van der Waals surface area contributed by atoms with Gasteiger partial charge in [0.2, 0.25) is 12.7 Å². The molecule has 6 nitrogen and oxygen atoms in total. The number of rotatable bonds is 4. The molecule has 0 bridgehead atoms. The van der Waals surface area contributed by atoms with E-state index in [-0.39, 0.29) is 12.8 Å². The SMILES string of the molecule is Clc1ccc2nc(N3N=C(c4ccc5c(c4)OCO5)CC3c3cccc(Br)c3)nc(-c3ccccc3)c2c1. The highest BCUT2D eigenvalue weighted by Gasteiger charge is 2.33. The molecule has 8 heteroatoms. The second kappa shape index (κ2) is 9.42. The van der Waals surface area contributed by atoms with Gasteiger partial charge in [-0.15, -0.1) is 0 Å². The van der Waals surface area contributed by atoms with E-state index >= 15 is 0 Å². The Morgan fingerprint density at radius 1 is 0.816 bits per heavy atom. The van der Waals surface area contributed by atoms with Crippen LogP contribution in [0.5, 0.6) is 11.5 Å². The summed E-state index contributed by atoms with van der Waals surface area (Å²) in [6.45, 7) is 0.231. The smallest absolute Gasteiger partial charge is 0.247 e. The molecule has 2 aliphatic heterocycles. The van der Waals surface area contributed by atoms with Gasteiger partial charge in [-0.3, -0.25) is 0 Å². The molecular weight excluding hydrogens is 564 g/mol. The Balaban J connectivity index is 1.40. The first kappa shape index (κ1) is 23.2. The third kappa shape index (κ3) is 4.18. The van der Waals surface area contributed by atoms with Gasteiger partial charge in [-0.2, -0.15) is 5.10 Å². The third-order valence-corrected chi connectivity index (χ3v) is 7.48. The molecule has 0 saturated heterocycles. The predicted molar refractivity (Wildman–Crippen MR) is 153 cm³/mol. The van der Waals surface area contributed by atoms with Gasteiger partial charge in [-0.1, -0.05) is 70.0 Å². The number of anilines is 1. The molecule has 0 N–H and O–H groups in total. The van der Waals surface area contributed by atoms with E-state index in [9.17, 15) is 0 Å². The van der Waals surface area contributed by atoms with E-state index in [0.29, 0.717) is 17.4 Å². The molecule has 3 heterocycles. The lowest BCUT2D eigenvalue weighted by molar-refractivity contribution is 0.174. The molecule has 1 atom stereocenters. The van der Waals surface area contributed by atoms with Crippen molar-refractivity contribution in [3.63, 3.8) is 0 Å². The molecule has 1 aromatic heterocycles. The second-order valence-electron chi connectivity index (χ2n) is 9.13. The maximum absolute atomic E-state index is 6.38. The van der Waals surface area contributed by atoms with Gasteiger partial charge in [-0.05, 0) is 54.1 Å². The molecular formula is C30H20BrClN4O2. The van der Waals surface area contributed by atoms with Crippen LogP contribution in [-0.2, 0) is 0 Å². The van der Waals surface area contributed by atoms with E-state index < -0.39 is 0 Å². The molecule has 0 radical (unpaired) electrons. The lowest BCUT2D eigenvalue weighted by Crippen LogP contribution is -2.21. The Morgan fingerprint density at radius 2 is 1.68 bits per heavy atom. The lowest BCUT2D eigenvalue weighted by Gasteiger charge is -2.23. The number of ether oxygens (including phenoxy) is 2. The Labute approximate surface area is 232 Å². The largest absolute Gasteiger partial charge is 0.454 e. The van der Waals surface area contributed by atoms with Gasteiger partial charge < -0.3 is 9.47 Å². The van der Waals surface area contributed by atoms with Crippen molar-refractivity contribution >= 4 is 50.1 Å². The fourth-order valence-electron chi connectivity index (χ4n) is 4.93. The number of aromatic nitrogens is 2. The summed E-state index contributed by atoms with van der Waals surface area (Å²) in [5.41, 5.74) is 5.62. The minimum Gasteiger partial charge on any atom is -0.454 e. The number of hydrazone groups is 1. The topological polar surface area (TPSA) is 59.8 Å². The van der Waals surface area contributed by atoms with Gasteiger partial charge in [0, 0.05) is 32.4 Å². The zero-order valence-electron chi connectivity index (χ0n) is 20.0. The van der Waals surface area contributed by atoms with Crippen LogP contribution in [0.25, 0.3) is 22.2 Å². The highest BCUT2D eigenvalue weighted by atomic mass is 79.9. The number of hydrogen-bond acceptors (Lipinski definition) is 6. The van der Waals surface area contributed by atoms with Crippen LogP contribution in [0.15, 0.2) is 101 Å². The van der Waals surface area contributed by atoms with Crippen LogP contribution >= 0.6 is 27.5 Å². The Morgan fingerprint density at radius 3 is 2.55 bits per heavy atom. The van der Waals surface area contributed by atoms with E-state index in [2.05, 4.69) is 28.1 Å². The van der Waals surface area contributed by atoms with Crippen molar-refractivity contribution < 1.29 is 9.47 Å². The van der Waals surface area contributed by atoms with Crippen LogP contribution in [0, 0.1) is 0 Å². The zero-order chi connectivity index (χ0) is 25.6. The molecule has 0 spiro atoms. The lowest BCUT2D eigenvalue weighted by atomic mass is 9.98. The molecule has 2 aliphatic rings. The maximum atomic E-state index is 6.38. The molecule has 0 amide bonds. The van der Waals surface area contributed by atoms with Crippen LogP contribution in [0.2, 0.25) is 5.02 Å². The van der Waals surface area contributed by atoms with Gasteiger partial charge in [0.25, 0.3) is 0 Å². The van der Waals surface area contributed by atoms with E-state index in [4.69, 9.17) is 36.1 Å². The summed E-state index contributed by atoms with van der Waals surface area (Å²) in [5.74, 6) is 2.00. The predicted octanol–water partition coefficient (Wildman–Crippen LogP) is 7.80. The average Bonchev–Trinajstić information content (AvgIpc) is 3.60. The van der Waals surface area contributed by atoms with Crippen LogP contribution < -0.4 is 14.5 Å².